The van der Waals surface area contributed by atoms with Crippen molar-refractivity contribution < 1.29 is 13.2 Å². The Kier molecular flexibility index (Phi) is 6.49. The van der Waals surface area contributed by atoms with Gasteiger partial charge in [-0.2, -0.15) is 18.2 Å². The minimum atomic E-state index is -4.47. The summed E-state index contributed by atoms with van der Waals surface area (Å²) in [6, 6.07) is 10.4. The van der Waals surface area contributed by atoms with E-state index in [9.17, 15) is 13.2 Å². The molecule has 7 nitrogen and oxygen atoms in total. The SMILES string of the molecule is CN(C)c1ccc(Nc2nc(N(C)C)nc3c2CCN(c2ncccc2C(F)(F)F)CC3)cc1. The quantitative estimate of drug-likeness (QED) is 0.593. The molecule has 1 aliphatic heterocycles. The number of halogens is 3. The molecular formula is C24H28F3N7. The number of nitrogens with one attached hydrogen (secondary N) is 1. The molecule has 2 aromatic heterocycles. The van der Waals surface area contributed by atoms with E-state index in [2.05, 4.69) is 10.3 Å². The van der Waals surface area contributed by atoms with Gasteiger partial charge in [0.2, 0.25) is 5.95 Å². The van der Waals surface area contributed by atoms with Gasteiger partial charge in [0.25, 0.3) is 0 Å². The topological polar surface area (TPSA) is 60.4 Å². The molecule has 1 N–H and O–H groups in total. The number of hydrogen-bond acceptors (Lipinski definition) is 7. The highest BCUT2D eigenvalue weighted by molar-refractivity contribution is 5.65. The van der Waals surface area contributed by atoms with Crippen LogP contribution in [0.5, 0.6) is 0 Å². The van der Waals surface area contributed by atoms with Crippen LogP contribution in [0.3, 0.4) is 0 Å². The van der Waals surface area contributed by atoms with Crippen molar-refractivity contribution in [3.8, 4) is 0 Å². The number of anilines is 5. The number of nitrogens with zero attached hydrogens (tertiary/aromatic N) is 6. The second-order valence-electron chi connectivity index (χ2n) is 8.62. The standard InChI is InChI=1S/C24H28F3N7/c1-32(2)17-9-7-16(8-10-17)29-21-18-11-14-34(15-12-20(18)30-23(31-21)33(3)4)22-19(24(25,26)27)6-5-13-28-22/h5-10,13H,11-12,14-15H2,1-4H3,(H,29,30,31). The molecule has 4 rings (SSSR count). The summed E-state index contributed by atoms with van der Waals surface area (Å²) >= 11 is 0. The summed E-state index contributed by atoms with van der Waals surface area (Å²) < 4.78 is 40.8. The first-order valence-corrected chi connectivity index (χ1v) is 11.0. The van der Waals surface area contributed by atoms with Crippen LogP contribution in [-0.4, -0.2) is 56.2 Å². The first-order valence-electron chi connectivity index (χ1n) is 11.0. The molecule has 0 bridgehead atoms. The summed E-state index contributed by atoms with van der Waals surface area (Å²) in [6.07, 6.45) is -2.08. The molecule has 0 saturated heterocycles. The second kappa shape index (κ2) is 9.36. The lowest BCUT2D eigenvalue weighted by Crippen LogP contribution is -2.29. The third-order valence-electron chi connectivity index (χ3n) is 5.77. The molecular weight excluding hydrogens is 443 g/mol. The summed E-state index contributed by atoms with van der Waals surface area (Å²) in [4.78, 5) is 19.0. The molecule has 0 aliphatic carbocycles. The van der Waals surface area contributed by atoms with Gasteiger partial charge in [-0.15, -0.1) is 0 Å². The van der Waals surface area contributed by atoms with E-state index < -0.39 is 11.7 Å². The van der Waals surface area contributed by atoms with Crippen LogP contribution < -0.4 is 20.0 Å². The highest BCUT2D eigenvalue weighted by Crippen LogP contribution is 2.36. The maximum Gasteiger partial charge on any atom is 0.419 e. The van der Waals surface area contributed by atoms with Gasteiger partial charge in [0.1, 0.15) is 11.6 Å². The van der Waals surface area contributed by atoms with Crippen LogP contribution >= 0.6 is 0 Å². The van der Waals surface area contributed by atoms with E-state index >= 15 is 0 Å². The van der Waals surface area contributed by atoms with Gasteiger partial charge in [-0.05, 0) is 42.8 Å². The highest BCUT2D eigenvalue weighted by atomic mass is 19.4. The predicted octanol–water partition coefficient (Wildman–Crippen LogP) is 4.37. The average molecular weight is 472 g/mol. The first kappa shape index (κ1) is 23.6. The van der Waals surface area contributed by atoms with Crippen LogP contribution in [0.25, 0.3) is 0 Å². The lowest BCUT2D eigenvalue weighted by molar-refractivity contribution is -0.137. The number of pyridine rings is 1. The summed E-state index contributed by atoms with van der Waals surface area (Å²) in [7, 11) is 7.69. The Morgan fingerprint density at radius 1 is 0.912 bits per heavy atom. The molecule has 0 amide bonds. The molecule has 3 heterocycles. The van der Waals surface area contributed by atoms with E-state index in [1.165, 1.54) is 12.3 Å². The van der Waals surface area contributed by atoms with Crippen molar-refractivity contribution in [2.24, 2.45) is 0 Å². The van der Waals surface area contributed by atoms with Gasteiger partial charge in [-0.3, -0.25) is 0 Å². The zero-order valence-electron chi connectivity index (χ0n) is 19.7. The lowest BCUT2D eigenvalue weighted by atomic mass is 10.1. The molecule has 34 heavy (non-hydrogen) atoms. The molecule has 0 unspecified atom stereocenters. The lowest BCUT2D eigenvalue weighted by Gasteiger charge is -2.24. The minimum Gasteiger partial charge on any atom is -0.378 e. The molecule has 10 heteroatoms. The van der Waals surface area contributed by atoms with E-state index in [-0.39, 0.29) is 5.82 Å². The van der Waals surface area contributed by atoms with E-state index in [0.717, 1.165) is 28.7 Å². The number of rotatable bonds is 5. The number of benzene rings is 1. The van der Waals surface area contributed by atoms with Crippen molar-refractivity contribution in [1.82, 2.24) is 15.0 Å². The maximum absolute atomic E-state index is 13.6. The van der Waals surface area contributed by atoms with Crippen molar-refractivity contribution in [3.05, 3.63) is 59.4 Å². The molecule has 0 fully saturated rings. The Morgan fingerprint density at radius 2 is 1.62 bits per heavy atom. The van der Waals surface area contributed by atoms with Crippen molar-refractivity contribution >= 4 is 29.0 Å². The third-order valence-corrected chi connectivity index (χ3v) is 5.77. The summed E-state index contributed by atoms with van der Waals surface area (Å²) in [5, 5.41) is 3.40. The fourth-order valence-electron chi connectivity index (χ4n) is 3.95. The van der Waals surface area contributed by atoms with E-state index in [0.29, 0.717) is 37.7 Å². The number of aromatic nitrogens is 3. The molecule has 1 aromatic carbocycles. The van der Waals surface area contributed by atoms with Crippen LogP contribution in [0.4, 0.5) is 42.1 Å². The van der Waals surface area contributed by atoms with Gasteiger partial charge >= 0.3 is 6.18 Å². The smallest absolute Gasteiger partial charge is 0.378 e. The normalized spacial score (nSPS) is 13.8. The van der Waals surface area contributed by atoms with Crippen LogP contribution in [0.15, 0.2) is 42.6 Å². The molecule has 180 valence electrons. The van der Waals surface area contributed by atoms with Gasteiger partial charge in [-0.1, -0.05) is 0 Å². The number of fused-ring (bicyclic) bond motifs is 1. The van der Waals surface area contributed by atoms with Gasteiger partial charge in [0, 0.05) is 70.8 Å². The van der Waals surface area contributed by atoms with E-state index in [1.54, 1.807) is 4.90 Å². The number of hydrogen-bond donors (Lipinski definition) is 1. The van der Waals surface area contributed by atoms with Gasteiger partial charge in [0.05, 0.1) is 11.3 Å². The Hall–Kier alpha value is -3.56. The largest absolute Gasteiger partial charge is 0.419 e. The molecule has 1 aliphatic rings. The Morgan fingerprint density at radius 3 is 2.26 bits per heavy atom. The monoisotopic (exact) mass is 471 g/mol. The Bertz CT molecular complexity index is 1140. The van der Waals surface area contributed by atoms with Crippen molar-refractivity contribution in [1.29, 1.82) is 0 Å². The van der Waals surface area contributed by atoms with Gasteiger partial charge < -0.3 is 20.0 Å². The van der Waals surface area contributed by atoms with Gasteiger partial charge in [-0.25, -0.2) is 9.97 Å². The Balaban J connectivity index is 1.66. The van der Waals surface area contributed by atoms with Crippen LogP contribution in [0, 0.1) is 0 Å². The van der Waals surface area contributed by atoms with Crippen molar-refractivity contribution in [3.63, 3.8) is 0 Å². The summed E-state index contributed by atoms with van der Waals surface area (Å²) in [6.45, 7) is 0.764. The maximum atomic E-state index is 13.6. The van der Waals surface area contributed by atoms with E-state index in [1.807, 2.05) is 62.3 Å². The Labute approximate surface area is 197 Å². The van der Waals surface area contributed by atoms with Crippen LogP contribution in [0.2, 0.25) is 0 Å². The molecule has 0 spiro atoms. The summed E-state index contributed by atoms with van der Waals surface area (Å²) in [5.74, 6) is 1.18. The molecule has 0 atom stereocenters. The molecule has 3 aromatic rings. The fourth-order valence-corrected chi connectivity index (χ4v) is 3.95. The second-order valence-corrected chi connectivity index (χ2v) is 8.62. The minimum absolute atomic E-state index is 0.0441. The molecule has 0 saturated carbocycles. The van der Waals surface area contributed by atoms with Crippen LogP contribution in [-0.2, 0) is 19.0 Å². The zero-order valence-corrected chi connectivity index (χ0v) is 19.7. The van der Waals surface area contributed by atoms with Gasteiger partial charge in [0.15, 0.2) is 0 Å². The predicted molar refractivity (Wildman–Crippen MR) is 129 cm³/mol. The molecule has 0 radical (unpaired) electrons. The van der Waals surface area contributed by atoms with Crippen molar-refractivity contribution in [2.45, 2.75) is 19.0 Å². The van der Waals surface area contributed by atoms with Crippen LogP contribution in [0.1, 0.15) is 16.8 Å². The number of alkyl halides is 3. The highest BCUT2D eigenvalue weighted by Gasteiger charge is 2.36. The average Bonchev–Trinajstić information content (AvgIpc) is 3.01. The fraction of sp³-hybridized carbons (Fsp3) is 0.375. The first-order chi connectivity index (χ1) is 16.1. The third kappa shape index (κ3) is 5.00. The van der Waals surface area contributed by atoms with E-state index in [4.69, 9.17) is 9.97 Å². The summed E-state index contributed by atoms with van der Waals surface area (Å²) in [5.41, 5.74) is 2.97. The van der Waals surface area contributed by atoms with Crippen molar-refractivity contribution in [2.75, 3.05) is 61.3 Å². The zero-order chi connectivity index (χ0) is 24.5.